The van der Waals surface area contributed by atoms with Gasteiger partial charge in [0.25, 0.3) is 0 Å². The van der Waals surface area contributed by atoms with Crippen LogP contribution in [0.2, 0.25) is 0 Å². The molecule has 17 heavy (non-hydrogen) atoms. The molecule has 0 radical (unpaired) electrons. The van der Waals surface area contributed by atoms with Gasteiger partial charge in [0.2, 0.25) is 5.88 Å². The van der Waals surface area contributed by atoms with Crippen LogP contribution in [0.4, 0.5) is 0 Å². The summed E-state index contributed by atoms with van der Waals surface area (Å²) in [6, 6.07) is 4.02. The number of pyridine rings is 1. The number of hydrogen-bond acceptors (Lipinski definition) is 4. The lowest BCUT2D eigenvalue weighted by Gasteiger charge is -2.05. The number of ether oxygens (including phenoxy) is 2. The standard InChI is InChI=1S/C11H16N2O2.C2H6/c1-13-7-9-3-4-11(12-10(9)8-13)15-6-5-14-2;1-2/h3-4H,5-8H2,1-2H3;1-2H3. The molecule has 4 heteroatoms. The molecule has 2 heterocycles. The van der Waals surface area contributed by atoms with Crippen molar-refractivity contribution in [3.8, 4) is 5.88 Å². The maximum atomic E-state index is 5.45. The maximum absolute atomic E-state index is 5.45. The van der Waals surface area contributed by atoms with Gasteiger partial charge >= 0.3 is 0 Å². The molecule has 2 rings (SSSR count). The first kappa shape index (κ1) is 13.9. The smallest absolute Gasteiger partial charge is 0.213 e. The number of methoxy groups -OCH3 is 1. The molecule has 4 nitrogen and oxygen atoms in total. The first-order valence-corrected chi connectivity index (χ1v) is 6.08. The second kappa shape index (κ2) is 7.25. The topological polar surface area (TPSA) is 34.6 Å². The molecule has 0 N–H and O–H groups in total. The molecule has 0 saturated heterocycles. The van der Waals surface area contributed by atoms with Crippen molar-refractivity contribution in [3.63, 3.8) is 0 Å². The van der Waals surface area contributed by atoms with E-state index < -0.39 is 0 Å². The minimum absolute atomic E-state index is 0.554. The van der Waals surface area contributed by atoms with Crippen molar-refractivity contribution in [1.29, 1.82) is 0 Å². The van der Waals surface area contributed by atoms with Gasteiger partial charge in [-0.3, -0.25) is 4.90 Å². The first-order chi connectivity index (χ1) is 8.29. The van der Waals surface area contributed by atoms with Crippen molar-refractivity contribution in [2.24, 2.45) is 0 Å². The van der Waals surface area contributed by atoms with Crippen molar-refractivity contribution in [2.45, 2.75) is 26.9 Å². The predicted octanol–water partition coefficient (Wildman–Crippen LogP) is 2.08. The Balaban J connectivity index is 0.000000686. The third-order valence-electron chi connectivity index (χ3n) is 2.44. The number of aromatic nitrogens is 1. The second-order valence-corrected chi connectivity index (χ2v) is 3.77. The van der Waals surface area contributed by atoms with Gasteiger partial charge < -0.3 is 9.47 Å². The Morgan fingerprint density at radius 3 is 2.71 bits per heavy atom. The molecule has 0 aromatic carbocycles. The van der Waals surface area contributed by atoms with Gasteiger partial charge in [0, 0.05) is 26.3 Å². The fourth-order valence-electron chi connectivity index (χ4n) is 1.70. The predicted molar refractivity (Wildman–Crippen MR) is 68.1 cm³/mol. The molecule has 0 amide bonds. The van der Waals surface area contributed by atoms with Crippen LogP contribution in [0, 0.1) is 0 Å². The van der Waals surface area contributed by atoms with E-state index in [2.05, 4.69) is 23.0 Å². The number of nitrogens with zero attached hydrogens (tertiary/aromatic N) is 2. The van der Waals surface area contributed by atoms with Crippen molar-refractivity contribution < 1.29 is 9.47 Å². The van der Waals surface area contributed by atoms with E-state index in [1.54, 1.807) is 7.11 Å². The van der Waals surface area contributed by atoms with Crippen molar-refractivity contribution >= 4 is 0 Å². The minimum atomic E-state index is 0.554. The summed E-state index contributed by atoms with van der Waals surface area (Å²) in [7, 11) is 3.75. The molecule has 1 aliphatic rings. The highest BCUT2D eigenvalue weighted by Gasteiger charge is 2.17. The van der Waals surface area contributed by atoms with E-state index in [0.29, 0.717) is 19.1 Å². The highest BCUT2D eigenvalue weighted by molar-refractivity contribution is 5.28. The van der Waals surface area contributed by atoms with E-state index in [4.69, 9.17) is 9.47 Å². The van der Waals surface area contributed by atoms with Crippen LogP contribution in [0.15, 0.2) is 12.1 Å². The summed E-state index contributed by atoms with van der Waals surface area (Å²) in [5.74, 6) is 0.695. The molecule has 96 valence electrons. The van der Waals surface area contributed by atoms with Gasteiger partial charge in [-0.2, -0.15) is 0 Å². The van der Waals surface area contributed by atoms with Gasteiger partial charge in [-0.25, -0.2) is 4.98 Å². The molecule has 1 aromatic rings. The van der Waals surface area contributed by atoms with Gasteiger partial charge in [0.1, 0.15) is 6.61 Å². The second-order valence-electron chi connectivity index (χ2n) is 3.77. The number of hydrogen-bond donors (Lipinski definition) is 0. The largest absolute Gasteiger partial charge is 0.475 e. The van der Waals surface area contributed by atoms with Crippen molar-refractivity contribution in [1.82, 2.24) is 9.88 Å². The molecular weight excluding hydrogens is 216 g/mol. The van der Waals surface area contributed by atoms with Crippen molar-refractivity contribution in [2.75, 3.05) is 27.4 Å². The zero-order chi connectivity index (χ0) is 12.7. The normalized spacial score (nSPS) is 13.9. The van der Waals surface area contributed by atoms with Crippen LogP contribution in [0.1, 0.15) is 25.1 Å². The molecule has 0 aliphatic carbocycles. The SMILES string of the molecule is CC.COCCOc1ccc2c(n1)CN(C)C2. The Morgan fingerprint density at radius 1 is 1.24 bits per heavy atom. The van der Waals surface area contributed by atoms with E-state index in [1.165, 1.54) is 5.56 Å². The minimum Gasteiger partial charge on any atom is -0.475 e. The average molecular weight is 238 g/mol. The van der Waals surface area contributed by atoms with Gasteiger partial charge in [0.05, 0.1) is 12.3 Å². The molecule has 1 aromatic heterocycles. The Hall–Kier alpha value is -1.13. The third-order valence-corrected chi connectivity index (χ3v) is 2.44. The third kappa shape index (κ3) is 3.98. The number of rotatable bonds is 4. The first-order valence-electron chi connectivity index (χ1n) is 6.08. The van der Waals surface area contributed by atoms with Crippen LogP contribution in [0.5, 0.6) is 5.88 Å². The van der Waals surface area contributed by atoms with Crippen LogP contribution in [-0.2, 0) is 17.8 Å². The van der Waals surface area contributed by atoms with E-state index in [0.717, 1.165) is 18.8 Å². The summed E-state index contributed by atoms with van der Waals surface area (Å²) in [4.78, 5) is 6.69. The molecule has 0 spiro atoms. The zero-order valence-corrected chi connectivity index (χ0v) is 11.2. The van der Waals surface area contributed by atoms with E-state index in [1.807, 2.05) is 19.9 Å². The highest BCUT2D eigenvalue weighted by Crippen LogP contribution is 2.21. The molecule has 0 unspecified atom stereocenters. The quantitative estimate of drug-likeness (QED) is 0.752. The summed E-state index contributed by atoms with van der Waals surface area (Å²) in [5, 5.41) is 0. The highest BCUT2D eigenvalue weighted by atomic mass is 16.5. The van der Waals surface area contributed by atoms with Crippen LogP contribution in [0.3, 0.4) is 0 Å². The summed E-state index contributed by atoms with van der Waals surface area (Å²) < 4.78 is 10.4. The summed E-state index contributed by atoms with van der Waals surface area (Å²) in [5.41, 5.74) is 2.43. The van der Waals surface area contributed by atoms with Gasteiger partial charge in [-0.1, -0.05) is 19.9 Å². The lowest BCUT2D eigenvalue weighted by Crippen LogP contribution is -2.08. The molecule has 0 atom stereocenters. The molecule has 0 fully saturated rings. The molecule has 0 saturated carbocycles. The van der Waals surface area contributed by atoms with Gasteiger partial charge in [-0.05, 0) is 12.6 Å². The Kier molecular flexibility index (Phi) is 5.94. The summed E-state index contributed by atoms with van der Waals surface area (Å²) >= 11 is 0. The van der Waals surface area contributed by atoms with Crippen LogP contribution >= 0.6 is 0 Å². The Morgan fingerprint density at radius 2 is 2.00 bits per heavy atom. The Labute approximate surface area is 104 Å². The van der Waals surface area contributed by atoms with Gasteiger partial charge in [-0.15, -0.1) is 0 Å². The summed E-state index contributed by atoms with van der Waals surface area (Å²) in [6.45, 7) is 7.05. The number of fused-ring (bicyclic) bond motifs is 1. The van der Waals surface area contributed by atoms with Crippen LogP contribution < -0.4 is 4.74 Å². The lowest BCUT2D eigenvalue weighted by molar-refractivity contribution is 0.143. The zero-order valence-electron chi connectivity index (χ0n) is 11.2. The molecular formula is C13H22N2O2. The fourth-order valence-corrected chi connectivity index (χ4v) is 1.70. The van der Waals surface area contributed by atoms with Gasteiger partial charge in [0.15, 0.2) is 0 Å². The van der Waals surface area contributed by atoms with E-state index in [-0.39, 0.29) is 0 Å². The maximum Gasteiger partial charge on any atom is 0.213 e. The van der Waals surface area contributed by atoms with E-state index >= 15 is 0 Å². The molecule has 0 bridgehead atoms. The fraction of sp³-hybridized carbons (Fsp3) is 0.615. The van der Waals surface area contributed by atoms with E-state index in [9.17, 15) is 0 Å². The average Bonchev–Trinajstić information content (AvgIpc) is 2.71. The van der Waals surface area contributed by atoms with Crippen LogP contribution in [-0.4, -0.2) is 37.3 Å². The monoisotopic (exact) mass is 238 g/mol. The Bertz CT molecular complexity index is 342. The molecule has 1 aliphatic heterocycles. The van der Waals surface area contributed by atoms with Crippen molar-refractivity contribution in [3.05, 3.63) is 23.4 Å². The summed E-state index contributed by atoms with van der Waals surface area (Å²) in [6.07, 6.45) is 0. The van der Waals surface area contributed by atoms with Crippen LogP contribution in [0.25, 0.3) is 0 Å². The lowest BCUT2D eigenvalue weighted by atomic mass is 10.2.